The van der Waals surface area contributed by atoms with E-state index in [2.05, 4.69) is 10.4 Å². The maximum Gasteiger partial charge on any atom is 0.350 e. The Bertz CT molecular complexity index is 631. The third kappa shape index (κ3) is 3.00. The Morgan fingerprint density at radius 2 is 2.32 bits per heavy atom. The normalized spacial score (nSPS) is 12.5. The lowest BCUT2D eigenvalue weighted by Gasteiger charge is -2.11. The van der Waals surface area contributed by atoms with Crippen LogP contribution in [0, 0.1) is 0 Å². The number of aromatic nitrogens is 3. The van der Waals surface area contributed by atoms with E-state index in [1.54, 1.807) is 31.5 Å². The smallest absolute Gasteiger partial charge is 0.350 e. The van der Waals surface area contributed by atoms with Crippen LogP contribution in [0.25, 0.3) is 5.65 Å². The summed E-state index contributed by atoms with van der Waals surface area (Å²) >= 11 is 0. The Morgan fingerprint density at radius 3 is 3.00 bits per heavy atom. The van der Waals surface area contributed by atoms with Crippen LogP contribution in [0.4, 0.5) is 0 Å². The second kappa shape index (κ2) is 5.66. The number of amides is 1. The van der Waals surface area contributed by atoms with Crippen LogP contribution < -0.4 is 11.0 Å². The van der Waals surface area contributed by atoms with E-state index in [1.165, 1.54) is 4.40 Å². The number of fused-ring (bicyclic) bond motifs is 1. The van der Waals surface area contributed by atoms with E-state index < -0.39 is 0 Å². The minimum atomic E-state index is -0.329. The van der Waals surface area contributed by atoms with Crippen molar-refractivity contribution in [2.45, 2.75) is 19.5 Å². The van der Waals surface area contributed by atoms with Crippen LogP contribution in [-0.4, -0.2) is 39.8 Å². The molecule has 2 rings (SSSR count). The van der Waals surface area contributed by atoms with E-state index in [9.17, 15) is 9.59 Å². The zero-order chi connectivity index (χ0) is 13.8. The Balaban J connectivity index is 2.11. The number of nitrogens with zero attached hydrogens (tertiary/aromatic N) is 3. The Labute approximate surface area is 109 Å². The van der Waals surface area contributed by atoms with Crippen molar-refractivity contribution in [2.75, 3.05) is 13.7 Å². The van der Waals surface area contributed by atoms with Gasteiger partial charge in [0.25, 0.3) is 0 Å². The molecule has 0 saturated carbocycles. The van der Waals surface area contributed by atoms with Gasteiger partial charge < -0.3 is 10.1 Å². The number of ether oxygens (including phenoxy) is 1. The molecule has 0 fully saturated rings. The van der Waals surface area contributed by atoms with Gasteiger partial charge in [0.05, 0.1) is 6.61 Å². The predicted molar refractivity (Wildman–Crippen MR) is 68.9 cm³/mol. The van der Waals surface area contributed by atoms with Crippen molar-refractivity contribution in [3.63, 3.8) is 0 Å². The van der Waals surface area contributed by atoms with Gasteiger partial charge in [-0.2, -0.15) is 0 Å². The molecule has 1 atom stereocenters. The fourth-order valence-electron chi connectivity index (χ4n) is 1.82. The summed E-state index contributed by atoms with van der Waals surface area (Å²) in [6.45, 7) is 2.15. The van der Waals surface area contributed by atoms with Crippen LogP contribution in [0.15, 0.2) is 29.2 Å². The van der Waals surface area contributed by atoms with Gasteiger partial charge in [0.2, 0.25) is 5.91 Å². The molecule has 19 heavy (non-hydrogen) atoms. The van der Waals surface area contributed by atoms with Gasteiger partial charge in [0.15, 0.2) is 5.65 Å². The minimum Gasteiger partial charge on any atom is -0.383 e. The molecule has 0 radical (unpaired) electrons. The van der Waals surface area contributed by atoms with Gasteiger partial charge in [-0.1, -0.05) is 6.07 Å². The molecule has 0 aliphatic rings. The quantitative estimate of drug-likeness (QED) is 0.800. The van der Waals surface area contributed by atoms with E-state index >= 15 is 0 Å². The molecule has 1 unspecified atom stereocenters. The number of carbonyl (C=O) groups excluding carboxylic acids is 1. The summed E-state index contributed by atoms with van der Waals surface area (Å²) < 4.78 is 7.46. The summed E-state index contributed by atoms with van der Waals surface area (Å²) in [4.78, 5) is 23.7. The molecule has 0 aliphatic heterocycles. The lowest BCUT2D eigenvalue weighted by molar-refractivity contribution is -0.122. The third-order valence-corrected chi connectivity index (χ3v) is 2.61. The van der Waals surface area contributed by atoms with E-state index in [1.807, 2.05) is 6.92 Å². The molecule has 0 saturated heterocycles. The average Bonchev–Trinajstić information content (AvgIpc) is 2.67. The fourth-order valence-corrected chi connectivity index (χ4v) is 1.82. The molecule has 2 aromatic heterocycles. The standard InChI is InChI=1S/C12H16N4O3/c1-9(8-19-2)13-11(17)7-16-12(18)15-6-4-3-5-10(15)14-16/h3-6,9H,7-8H2,1-2H3,(H,13,17). The first kappa shape index (κ1) is 13.3. The molecule has 0 aromatic carbocycles. The van der Waals surface area contributed by atoms with Crippen LogP contribution >= 0.6 is 0 Å². The summed E-state index contributed by atoms with van der Waals surface area (Å²) in [5.74, 6) is -0.268. The number of pyridine rings is 1. The zero-order valence-electron chi connectivity index (χ0n) is 10.9. The number of hydrogen-bond donors (Lipinski definition) is 1. The van der Waals surface area contributed by atoms with Crippen molar-refractivity contribution >= 4 is 11.6 Å². The van der Waals surface area contributed by atoms with Gasteiger partial charge in [-0.3, -0.25) is 9.20 Å². The number of methoxy groups -OCH3 is 1. The lowest BCUT2D eigenvalue weighted by atomic mass is 10.3. The van der Waals surface area contributed by atoms with Gasteiger partial charge in [0.1, 0.15) is 6.54 Å². The summed E-state index contributed by atoms with van der Waals surface area (Å²) in [6, 6.07) is 5.13. The summed E-state index contributed by atoms with van der Waals surface area (Å²) in [5, 5.41) is 6.81. The maximum absolute atomic E-state index is 11.9. The Morgan fingerprint density at radius 1 is 1.53 bits per heavy atom. The first-order valence-electron chi connectivity index (χ1n) is 5.94. The summed E-state index contributed by atoms with van der Waals surface area (Å²) in [5.41, 5.74) is 0.190. The van der Waals surface area contributed by atoms with E-state index in [0.717, 1.165) is 4.68 Å². The molecule has 1 amide bonds. The van der Waals surface area contributed by atoms with E-state index in [0.29, 0.717) is 12.3 Å². The molecular weight excluding hydrogens is 248 g/mol. The van der Waals surface area contributed by atoms with Gasteiger partial charge in [-0.15, -0.1) is 5.10 Å². The van der Waals surface area contributed by atoms with Crippen molar-refractivity contribution in [1.82, 2.24) is 19.5 Å². The van der Waals surface area contributed by atoms with Crippen LogP contribution in [-0.2, 0) is 16.1 Å². The highest BCUT2D eigenvalue weighted by Crippen LogP contribution is 1.95. The molecule has 2 heterocycles. The fraction of sp³-hybridized carbons (Fsp3) is 0.417. The monoisotopic (exact) mass is 264 g/mol. The van der Waals surface area contributed by atoms with Crippen LogP contribution in [0.5, 0.6) is 0 Å². The number of carbonyl (C=O) groups is 1. The average molecular weight is 264 g/mol. The van der Waals surface area contributed by atoms with Crippen molar-refractivity contribution in [3.05, 3.63) is 34.9 Å². The lowest BCUT2D eigenvalue weighted by Crippen LogP contribution is -2.39. The van der Waals surface area contributed by atoms with Gasteiger partial charge in [-0.05, 0) is 19.1 Å². The second-order valence-electron chi connectivity index (χ2n) is 4.29. The van der Waals surface area contributed by atoms with Crippen LogP contribution in [0.2, 0.25) is 0 Å². The largest absolute Gasteiger partial charge is 0.383 e. The molecular formula is C12H16N4O3. The molecule has 7 nitrogen and oxygen atoms in total. The topological polar surface area (TPSA) is 77.6 Å². The Hall–Kier alpha value is -2.15. The predicted octanol–water partition coefficient (Wildman–Crippen LogP) is -0.353. The third-order valence-electron chi connectivity index (χ3n) is 2.61. The first-order chi connectivity index (χ1) is 9.11. The highest BCUT2D eigenvalue weighted by Gasteiger charge is 2.12. The van der Waals surface area contributed by atoms with Gasteiger partial charge in [0, 0.05) is 19.3 Å². The number of rotatable bonds is 5. The van der Waals surface area contributed by atoms with Gasteiger partial charge >= 0.3 is 5.69 Å². The Kier molecular flexibility index (Phi) is 3.96. The molecule has 1 N–H and O–H groups in total. The molecule has 0 aliphatic carbocycles. The number of hydrogen-bond acceptors (Lipinski definition) is 4. The van der Waals surface area contributed by atoms with E-state index in [4.69, 9.17) is 4.74 Å². The van der Waals surface area contributed by atoms with Crippen molar-refractivity contribution in [3.8, 4) is 0 Å². The van der Waals surface area contributed by atoms with Crippen molar-refractivity contribution in [1.29, 1.82) is 0 Å². The van der Waals surface area contributed by atoms with Crippen molar-refractivity contribution < 1.29 is 9.53 Å². The second-order valence-corrected chi connectivity index (χ2v) is 4.29. The van der Waals surface area contributed by atoms with Crippen LogP contribution in [0.3, 0.4) is 0 Å². The first-order valence-corrected chi connectivity index (χ1v) is 5.94. The van der Waals surface area contributed by atoms with Crippen molar-refractivity contribution in [2.24, 2.45) is 0 Å². The van der Waals surface area contributed by atoms with Gasteiger partial charge in [-0.25, -0.2) is 9.48 Å². The molecule has 2 aromatic rings. The molecule has 102 valence electrons. The highest BCUT2D eigenvalue weighted by molar-refractivity contribution is 5.75. The highest BCUT2D eigenvalue weighted by atomic mass is 16.5. The zero-order valence-corrected chi connectivity index (χ0v) is 10.9. The number of nitrogens with one attached hydrogen (secondary N) is 1. The molecule has 0 bridgehead atoms. The molecule has 7 heteroatoms. The maximum atomic E-state index is 11.9. The molecule has 0 spiro atoms. The minimum absolute atomic E-state index is 0.103. The van der Waals surface area contributed by atoms with E-state index in [-0.39, 0.29) is 24.2 Å². The summed E-state index contributed by atoms with van der Waals surface area (Å²) in [7, 11) is 1.56. The SMILES string of the molecule is COCC(C)NC(=O)Cn1nc2ccccn2c1=O. The summed E-state index contributed by atoms with van der Waals surface area (Å²) in [6.07, 6.45) is 1.62. The van der Waals surface area contributed by atoms with Crippen LogP contribution in [0.1, 0.15) is 6.92 Å².